The number of hydrogen-bond acceptors (Lipinski definition) is 4. The van der Waals surface area contributed by atoms with E-state index in [-0.39, 0.29) is 17.9 Å². The van der Waals surface area contributed by atoms with E-state index in [4.69, 9.17) is 4.74 Å². The van der Waals surface area contributed by atoms with Crippen LogP contribution >= 0.6 is 0 Å². The summed E-state index contributed by atoms with van der Waals surface area (Å²) in [5.41, 5.74) is 1.86. The van der Waals surface area contributed by atoms with Crippen molar-refractivity contribution < 1.29 is 14.3 Å². The number of carbonyl (C=O) groups is 2. The summed E-state index contributed by atoms with van der Waals surface area (Å²) >= 11 is 0. The summed E-state index contributed by atoms with van der Waals surface area (Å²) in [6.45, 7) is 5.32. The first-order chi connectivity index (χ1) is 14.6. The molecule has 1 N–H and O–H groups in total. The van der Waals surface area contributed by atoms with E-state index in [0.717, 1.165) is 42.9 Å². The minimum Gasteiger partial charge on any atom is -0.489 e. The number of nitrogens with zero attached hydrogens (tertiary/aromatic N) is 2. The summed E-state index contributed by atoms with van der Waals surface area (Å²) in [7, 11) is 0. The van der Waals surface area contributed by atoms with Gasteiger partial charge in [-0.05, 0) is 49.6 Å². The van der Waals surface area contributed by atoms with Crippen molar-refractivity contribution in [3.8, 4) is 5.75 Å². The molecule has 1 atom stereocenters. The Labute approximate surface area is 177 Å². The van der Waals surface area contributed by atoms with E-state index in [1.165, 1.54) is 0 Å². The summed E-state index contributed by atoms with van der Waals surface area (Å²) in [5.74, 6) is 1.29. The summed E-state index contributed by atoms with van der Waals surface area (Å²) < 4.78 is 5.79. The van der Waals surface area contributed by atoms with E-state index >= 15 is 0 Å². The lowest BCUT2D eigenvalue weighted by molar-refractivity contribution is -0.135. The molecular formula is C24H29N3O3. The number of benzene rings is 2. The maximum Gasteiger partial charge on any atom is 0.241 e. The Balaban J connectivity index is 1.23. The van der Waals surface area contributed by atoms with Gasteiger partial charge in [0.1, 0.15) is 12.4 Å². The van der Waals surface area contributed by atoms with Gasteiger partial charge < -0.3 is 15.0 Å². The van der Waals surface area contributed by atoms with Gasteiger partial charge in [-0.25, -0.2) is 0 Å². The van der Waals surface area contributed by atoms with E-state index in [0.29, 0.717) is 25.6 Å². The van der Waals surface area contributed by atoms with E-state index in [1.54, 1.807) is 0 Å². The van der Waals surface area contributed by atoms with Crippen molar-refractivity contribution in [2.75, 3.05) is 31.5 Å². The molecule has 2 aliphatic rings. The molecule has 1 aliphatic heterocycles. The summed E-state index contributed by atoms with van der Waals surface area (Å²) in [6.07, 6.45) is 2.07. The molecule has 158 valence electrons. The van der Waals surface area contributed by atoms with E-state index in [9.17, 15) is 9.59 Å². The second-order valence-corrected chi connectivity index (χ2v) is 8.10. The number of carbonyl (C=O) groups excluding carboxylic acids is 2. The molecule has 1 saturated heterocycles. The van der Waals surface area contributed by atoms with Crippen molar-refractivity contribution in [3.05, 3.63) is 60.2 Å². The molecule has 6 nitrogen and oxygen atoms in total. The van der Waals surface area contributed by atoms with Crippen LogP contribution in [0.2, 0.25) is 0 Å². The predicted octanol–water partition coefficient (Wildman–Crippen LogP) is 3.15. The van der Waals surface area contributed by atoms with Gasteiger partial charge in [-0.15, -0.1) is 0 Å². The normalized spacial score (nSPS) is 18.0. The summed E-state index contributed by atoms with van der Waals surface area (Å²) in [6, 6.07) is 17.2. The van der Waals surface area contributed by atoms with Crippen LogP contribution in [0.1, 0.15) is 25.3 Å². The van der Waals surface area contributed by atoms with Crippen LogP contribution in [0, 0.1) is 5.92 Å². The third-order valence-corrected chi connectivity index (χ3v) is 5.85. The van der Waals surface area contributed by atoms with Crippen molar-refractivity contribution in [3.63, 3.8) is 0 Å². The Kier molecular flexibility index (Phi) is 6.33. The molecule has 0 spiro atoms. The predicted molar refractivity (Wildman–Crippen MR) is 116 cm³/mol. The average Bonchev–Trinajstić information content (AvgIpc) is 3.64. The third-order valence-electron chi connectivity index (χ3n) is 5.85. The second kappa shape index (κ2) is 9.30. The van der Waals surface area contributed by atoms with E-state index < -0.39 is 0 Å². The van der Waals surface area contributed by atoms with Crippen LogP contribution in [0.4, 0.5) is 5.69 Å². The molecule has 30 heavy (non-hydrogen) atoms. The largest absolute Gasteiger partial charge is 0.489 e. The SMILES string of the molecule is C[C@@H](C(=O)Nc1ccc(OCc2ccccc2)cc1)N1CCN(C(=O)C2CC2)CC1. The Morgan fingerprint density at radius 2 is 1.67 bits per heavy atom. The minimum atomic E-state index is -0.239. The molecular weight excluding hydrogens is 378 g/mol. The highest BCUT2D eigenvalue weighted by molar-refractivity contribution is 5.94. The van der Waals surface area contributed by atoms with Crippen molar-refractivity contribution in [2.24, 2.45) is 5.92 Å². The number of nitrogens with one attached hydrogen (secondary N) is 1. The Morgan fingerprint density at radius 1 is 1.00 bits per heavy atom. The highest BCUT2D eigenvalue weighted by Crippen LogP contribution is 2.31. The standard InChI is InChI=1S/C24H29N3O3/c1-18(26-13-15-27(16-14-26)24(29)20-7-8-20)23(28)25-21-9-11-22(12-10-21)30-17-19-5-3-2-4-6-19/h2-6,9-12,18,20H,7-8,13-17H2,1H3,(H,25,28)/t18-/m0/s1. The Morgan fingerprint density at radius 3 is 2.30 bits per heavy atom. The molecule has 2 fully saturated rings. The van der Waals surface area contributed by atoms with Gasteiger partial charge in [-0.2, -0.15) is 0 Å². The van der Waals surface area contributed by atoms with E-state index in [1.807, 2.05) is 66.4 Å². The number of amides is 2. The van der Waals surface area contributed by atoms with Crippen LogP contribution in [0.15, 0.2) is 54.6 Å². The minimum absolute atomic E-state index is 0.0325. The van der Waals surface area contributed by atoms with Gasteiger partial charge in [-0.1, -0.05) is 30.3 Å². The maximum atomic E-state index is 12.7. The molecule has 1 saturated carbocycles. The van der Waals surface area contributed by atoms with Gasteiger partial charge in [0.25, 0.3) is 0 Å². The lowest BCUT2D eigenvalue weighted by atomic mass is 10.2. The Bertz CT molecular complexity index is 857. The molecule has 2 aromatic rings. The highest BCUT2D eigenvalue weighted by Gasteiger charge is 2.35. The lowest BCUT2D eigenvalue weighted by Gasteiger charge is -2.37. The van der Waals surface area contributed by atoms with Gasteiger partial charge in [0.05, 0.1) is 6.04 Å². The third kappa shape index (κ3) is 5.19. The molecule has 0 unspecified atom stereocenters. The monoisotopic (exact) mass is 407 g/mol. The fraction of sp³-hybridized carbons (Fsp3) is 0.417. The van der Waals surface area contributed by atoms with Crippen molar-refractivity contribution >= 4 is 17.5 Å². The second-order valence-electron chi connectivity index (χ2n) is 8.10. The van der Waals surface area contributed by atoms with Gasteiger partial charge in [0, 0.05) is 37.8 Å². The molecule has 6 heteroatoms. The molecule has 0 bridgehead atoms. The van der Waals surface area contributed by atoms with Crippen LogP contribution < -0.4 is 10.1 Å². The Hall–Kier alpha value is -2.86. The van der Waals surface area contributed by atoms with Gasteiger partial charge in [-0.3, -0.25) is 14.5 Å². The summed E-state index contributed by atoms with van der Waals surface area (Å²) in [5, 5.41) is 2.99. The zero-order valence-corrected chi connectivity index (χ0v) is 17.4. The quantitative estimate of drug-likeness (QED) is 0.766. The van der Waals surface area contributed by atoms with Crippen LogP contribution in [0.25, 0.3) is 0 Å². The zero-order chi connectivity index (χ0) is 20.9. The number of anilines is 1. The molecule has 2 aromatic carbocycles. The van der Waals surface area contributed by atoms with Crippen LogP contribution in [-0.4, -0.2) is 53.8 Å². The fourth-order valence-corrected chi connectivity index (χ4v) is 3.71. The lowest BCUT2D eigenvalue weighted by Crippen LogP contribution is -2.54. The maximum absolute atomic E-state index is 12.7. The first kappa shape index (κ1) is 20.4. The molecule has 1 heterocycles. The number of rotatable bonds is 7. The molecule has 0 radical (unpaired) electrons. The van der Waals surface area contributed by atoms with Gasteiger partial charge in [0.2, 0.25) is 11.8 Å². The average molecular weight is 408 g/mol. The van der Waals surface area contributed by atoms with Crippen LogP contribution in [0.5, 0.6) is 5.75 Å². The molecule has 0 aromatic heterocycles. The highest BCUT2D eigenvalue weighted by atomic mass is 16.5. The molecule has 4 rings (SSSR count). The topological polar surface area (TPSA) is 61.9 Å². The van der Waals surface area contributed by atoms with E-state index in [2.05, 4.69) is 10.2 Å². The number of hydrogen-bond donors (Lipinski definition) is 1. The van der Waals surface area contributed by atoms with Crippen LogP contribution in [0.3, 0.4) is 0 Å². The van der Waals surface area contributed by atoms with Gasteiger partial charge >= 0.3 is 0 Å². The van der Waals surface area contributed by atoms with Crippen molar-refractivity contribution in [1.29, 1.82) is 0 Å². The first-order valence-corrected chi connectivity index (χ1v) is 10.7. The smallest absolute Gasteiger partial charge is 0.241 e. The van der Waals surface area contributed by atoms with Gasteiger partial charge in [0.15, 0.2) is 0 Å². The molecule has 2 amide bonds. The number of ether oxygens (including phenoxy) is 1. The summed E-state index contributed by atoms with van der Waals surface area (Å²) in [4.78, 5) is 29.0. The number of piperazine rings is 1. The fourth-order valence-electron chi connectivity index (χ4n) is 3.71. The zero-order valence-electron chi connectivity index (χ0n) is 17.4. The van der Waals surface area contributed by atoms with Crippen molar-refractivity contribution in [1.82, 2.24) is 9.80 Å². The molecule has 1 aliphatic carbocycles. The van der Waals surface area contributed by atoms with Crippen LogP contribution in [-0.2, 0) is 16.2 Å². The van der Waals surface area contributed by atoms with Crippen molar-refractivity contribution in [2.45, 2.75) is 32.4 Å². The first-order valence-electron chi connectivity index (χ1n) is 10.7.